The van der Waals surface area contributed by atoms with Crippen LogP contribution in [-0.4, -0.2) is 81.5 Å². The molecule has 2 fully saturated rings. The van der Waals surface area contributed by atoms with E-state index in [2.05, 4.69) is 27.7 Å². The van der Waals surface area contributed by atoms with Gasteiger partial charge in [-0.1, -0.05) is 23.7 Å². The zero-order valence-corrected chi connectivity index (χ0v) is 22.8. The second-order valence-electron chi connectivity index (χ2n) is 9.74. The van der Waals surface area contributed by atoms with Gasteiger partial charge in [-0.15, -0.1) is 0 Å². The Morgan fingerprint density at radius 3 is 2.18 bits per heavy atom. The van der Waals surface area contributed by atoms with E-state index in [-0.39, 0.29) is 12.1 Å². The first-order valence-electron chi connectivity index (χ1n) is 12.7. The number of anilines is 1. The fourth-order valence-corrected chi connectivity index (χ4v) is 5.54. The molecule has 2 aromatic rings. The van der Waals surface area contributed by atoms with Gasteiger partial charge in [0, 0.05) is 36.3 Å². The van der Waals surface area contributed by atoms with Gasteiger partial charge in [0.15, 0.2) is 11.5 Å². The van der Waals surface area contributed by atoms with Crippen molar-refractivity contribution in [2.75, 3.05) is 52.8 Å². The van der Waals surface area contributed by atoms with Crippen LogP contribution in [0.5, 0.6) is 17.2 Å². The highest BCUT2D eigenvalue weighted by Crippen LogP contribution is 2.40. The topological polar surface area (TPSA) is 118 Å². The van der Waals surface area contributed by atoms with Gasteiger partial charge in [-0.05, 0) is 56.0 Å². The lowest BCUT2D eigenvalue weighted by Gasteiger charge is -2.38. The van der Waals surface area contributed by atoms with Crippen LogP contribution in [0.3, 0.4) is 0 Å². The van der Waals surface area contributed by atoms with Crippen molar-refractivity contribution in [2.45, 2.75) is 31.3 Å². The first-order valence-corrected chi connectivity index (χ1v) is 13.1. The standard InChI is InChI=1S/C27H36ClN5O5/c1-36-23-13-20(14-24(37-2)25(23)38-3)30-27(35)31-21-15-33(26(29)34)16-22(21)32-10-8-18(9-11-32)12-17-4-6-19(28)7-5-17/h4-7,13-14,18,21-22H,8-12,15-16H2,1-3H3,(H2,29,34)(H2,30,31,35)/t21-,22-/m1/s1. The lowest BCUT2D eigenvalue weighted by molar-refractivity contribution is 0.123. The number of primary amides is 1. The second kappa shape index (κ2) is 12.4. The molecule has 2 heterocycles. The number of nitrogens with one attached hydrogen (secondary N) is 2. The fraction of sp³-hybridized carbons (Fsp3) is 0.481. The molecule has 0 aromatic heterocycles. The number of nitrogens with zero attached hydrogens (tertiary/aromatic N) is 2. The minimum absolute atomic E-state index is 0.0235. The quantitative estimate of drug-likeness (QED) is 0.466. The Balaban J connectivity index is 1.39. The number of methoxy groups -OCH3 is 3. The molecule has 2 aromatic carbocycles. The van der Waals surface area contributed by atoms with Gasteiger partial charge in [-0.25, -0.2) is 9.59 Å². The number of carbonyl (C=O) groups excluding carboxylic acids is 2. The average Bonchev–Trinajstić information content (AvgIpc) is 3.33. The molecule has 10 nitrogen and oxygen atoms in total. The third-order valence-corrected chi connectivity index (χ3v) is 7.65. The van der Waals surface area contributed by atoms with Gasteiger partial charge < -0.3 is 35.5 Å². The Morgan fingerprint density at radius 2 is 1.63 bits per heavy atom. The molecule has 38 heavy (non-hydrogen) atoms. The zero-order chi connectivity index (χ0) is 27.2. The van der Waals surface area contributed by atoms with Gasteiger partial charge >= 0.3 is 12.1 Å². The number of likely N-dealkylation sites (tertiary alicyclic amines) is 2. The maximum Gasteiger partial charge on any atom is 0.319 e. The number of benzene rings is 2. The molecule has 0 radical (unpaired) electrons. The Bertz CT molecular complexity index is 1100. The number of ether oxygens (including phenoxy) is 3. The van der Waals surface area contributed by atoms with Gasteiger partial charge in [0.05, 0.1) is 33.1 Å². The monoisotopic (exact) mass is 545 g/mol. The van der Waals surface area contributed by atoms with Gasteiger partial charge in [-0.3, -0.25) is 4.90 Å². The van der Waals surface area contributed by atoms with Crippen LogP contribution in [0, 0.1) is 5.92 Å². The van der Waals surface area contributed by atoms with E-state index in [0.717, 1.165) is 37.4 Å². The molecule has 206 valence electrons. The fourth-order valence-electron chi connectivity index (χ4n) is 5.41. The molecule has 0 spiro atoms. The van der Waals surface area contributed by atoms with E-state index in [0.29, 0.717) is 41.9 Å². The van der Waals surface area contributed by atoms with E-state index in [1.807, 2.05) is 12.1 Å². The summed E-state index contributed by atoms with van der Waals surface area (Å²) in [6.07, 6.45) is 3.10. The summed E-state index contributed by atoms with van der Waals surface area (Å²) in [6, 6.07) is 10.2. The molecule has 2 atom stereocenters. The summed E-state index contributed by atoms with van der Waals surface area (Å²) >= 11 is 6.02. The van der Waals surface area contributed by atoms with E-state index in [1.165, 1.54) is 26.9 Å². The van der Waals surface area contributed by atoms with Gasteiger partial charge in [0.25, 0.3) is 0 Å². The number of amides is 4. The van der Waals surface area contributed by atoms with Crippen molar-refractivity contribution in [1.82, 2.24) is 15.1 Å². The number of halogens is 1. The Labute approximate surface area is 228 Å². The molecule has 4 amide bonds. The van der Waals surface area contributed by atoms with Crippen LogP contribution in [0.1, 0.15) is 18.4 Å². The van der Waals surface area contributed by atoms with E-state index >= 15 is 0 Å². The predicted octanol–water partition coefficient (Wildman–Crippen LogP) is 3.57. The molecule has 2 saturated heterocycles. The van der Waals surface area contributed by atoms with Crippen molar-refractivity contribution in [3.63, 3.8) is 0 Å². The molecule has 0 unspecified atom stereocenters. The summed E-state index contributed by atoms with van der Waals surface area (Å²) in [5.41, 5.74) is 7.38. The smallest absolute Gasteiger partial charge is 0.319 e. The minimum atomic E-state index is -0.484. The number of rotatable bonds is 8. The number of hydrogen-bond acceptors (Lipinski definition) is 6. The molecule has 4 N–H and O–H groups in total. The maximum absolute atomic E-state index is 13.0. The molecule has 0 bridgehead atoms. The highest BCUT2D eigenvalue weighted by molar-refractivity contribution is 6.30. The molecule has 4 rings (SSSR count). The summed E-state index contributed by atoms with van der Waals surface area (Å²) in [4.78, 5) is 29.0. The van der Waals surface area contributed by atoms with Gasteiger partial charge in [-0.2, -0.15) is 0 Å². The van der Waals surface area contributed by atoms with Crippen LogP contribution in [0.25, 0.3) is 0 Å². The highest BCUT2D eigenvalue weighted by atomic mass is 35.5. The lowest BCUT2D eigenvalue weighted by Crippen LogP contribution is -2.54. The number of urea groups is 2. The first kappa shape index (κ1) is 27.7. The maximum atomic E-state index is 13.0. The molecule has 0 aliphatic carbocycles. The Hall–Kier alpha value is -3.37. The van der Waals surface area contributed by atoms with Gasteiger partial charge in [0.1, 0.15) is 0 Å². The van der Waals surface area contributed by atoms with Crippen LogP contribution >= 0.6 is 11.6 Å². The van der Waals surface area contributed by atoms with Crippen molar-refractivity contribution in [1.29, 1.82) is 0 Å². The second-order valence-corrected chi connectivity index (χ2v) is 10.2. The van der Waals surface area contributed by atoms with E-state index < -0.39 is 12.1 Å². The predicted molar refractivity (Wildman–Crippen MR) is 146 cm³/mol. The van der Waals surface area contributed by atoms with E-state index in [4.69, 9.17) is 31.5 Å². The first-order chi connectivity index (χ1) is 18.3. The number of hydrogen-bond donors (Lipinski definition) is 3. The summed E-state index contributed by atoms with van der Waals surface area (Å²) in [7, 11) is 4.55. The Morgan fingerprint density at radius 1 is 1.00 bits per heavy atom. The molecular weight excluding hydrogens is 510 g/mol. The lowest BCUT2D eigenvalue weighted by atomic mass is 9.89. The SMILES string of the molecule is COc1cc(NC(=O)N[C@@H]2CN(C(N)=O)C[C@H]2N2CCC(Cc3ccc(Cl)cc3)CC2)cc(OC)c1OC. The summed E-state index contributed by atoms with van der Waals surface area (Å²) in [5.74, 6) is 1.88. The number of carbonyl (C=O) groups is 2. The van der Waals surface area contributed by atoms with E-state index in [9.17, 15) is 9.59 Å². The Kier molecular flexibility index (Phi) is 9.06. The van der Waals surface area contributed by atoms with Gasteiger partial charge in [0.2, 0.25) is 5.75 Å². The molecule has 11 heteroatoms. The van der Waals surface area contributed by atoms with Crippen LogP contribution in [-0.2, 0) is 6.42 Å². The van der Waals surface area contributed by atoms with Crippen molar-refractivity contribution in [3.8, 4) is 17.2 Å². The molecule has 2 aliphatic rings. The van der Waals surface area contributed by atoms with Crippen molar-refractivity contribution in [3.05, 3.63) is 47.0 Å². The van der Waals surface area contributed by atoms with Crippen molar-refractivity contribution >= 4 is 29.4 Å². The molecule has 0 saturated carbocycles. The molecule has 2 aliphatic heterocycles. The number of nitrogens with two attached hydrogens (primary N) is 1. The van der Waals surface area contributed by atoms with Crippen molar-refractivity contribution in [2.24, 2.45) is 11.7 Å². The van der Waals surface area contributed by atoms with Crippen LogP contribution in [0.4, 0.5) is 15.3 Å². The van der Waals surface area contributed by atoms with Crippen LogP contribution in [0.15, 0.2) is 36.4 Å². The molecular formula is C27H36ClN5O5. The largest absolute Gasteiger partial charge is 0.493 e. The van der Waals surface area contributed by atoms with Crippen LogP contribution in [0.2, 0.25) is 5.02 Å². The normalized spacial score (nSPS) is 20.2. The average molecular weight is 546 g/mol. The number of piperidine rings is 1. The summed E-state index contributed by atoms with van der Waals surface area (Å²) in [5, 5.41) is 6.65. The zero-order valence-electron chi connectivity index (χ0n) is 22.0. The summed E-state index contributed by atoms with van der Waals surface area (Å²) in [6.45, 7) is 2.62. The highest BCUT2D eigenvalue weighted by Gasteiger charge is 2.40. The van der Waals surface area contributed by atoms with E-state index in [1.54, 1.807) is 17.0 Å². The minimum Gasteiger partial charge on any atom is -0.493 e. The summed E-state index contributed by atoms with van der Waals surface area (Å²) < 4.78 is 16.1. The van der Waals surface area contributed by atoms with Crippen molar-refractivity contribution < 1.29 is 23.8 Å². The van der Waals surface area contributed by atoms with Crippen LogP contribution < -0.4 is 30.6 Å². The third kappa shape index (κ3) is 6.54. The third-order valence-electron chi connectivity index (χ3n) is 7.40.